The molecular weight excluding hydrogens is 342 g/mol. The minimum absolute atomic E-state index is 0.0851. The zero-order valence-electron chi connectivity index (χ0n) is 14.1. The number of Topliss-reactive ketones (excluding diaryl/α,β-unsaturated/α-hetero) is 1. The van der Waals surface area contributed by atoms with E-state index >= 15 is 0 Å². The van der Waals surface area contributed by atoms with Crippen LogP contribution in [0.5, 0.6) is 11.5 Å². The molecule has 0 atom stereocenters. The first kappa shape index (κ1) is 17.3. The third kappa shape index (κ3) is 3.07. The number of fused-ring (bicyclic) bond motifs is 1. The number of carbonyl (C=O) groups excluding carboxylic acids is 1. The van der Waals surface area contributed by atoms with Crippen LogP contribution in [-0.2, 0) is 10.0 Å². The summed E-state index contributed by atoms with van der Waals surface area (Å²) in [4.78, 5) is 12.3. The lowest BCUT2D eigenvalue weighted by Gasteiger charge is -2.31. The number of nitrogens with zero attached hydrogens (tertiary/aromatic N) is 1. The summed E-state index contributed by atoms with van der Waals surface area (Å²) in [6.07, 6.45) is 0.135. The molecule has 0 fully saturated rings. The molecule has 0 unspecified atom stereocenters. The molecule has 0 saturated carbocycles. The van der Waals surface area contributed by atoms with Crippen LogP contribution >= 0.6 is 0 Å². The molecule has 0 aliphatic carbocycles. The van der Waals surface area contributed by atoms with Crippen molar-refractivity contribution in [3.8, 4) is 11.5 Å². The van der Waals surface area contributed by atoms with E-state index in [2.05, 4.69) is 0 Å². The fraction of sp³-hybridized carbons (Fsp3) is 0.278. The molecule has 0 N–H and O–H groups in total. The second kappa shape index (κ2) is 6.76. The van der Waals surface area contributed by atoms with Crippen molar-refractivity contribution in [3.63, 3.8) is 0 Å². The van der Waals surface area contributed by atoms with Crippen molar-refractivity contribution >= 4 is 21.5 Å². The number of methoxy groups -OCH3 is 1. The van der Waals surface area contributed by atoms with E-state index in [0.717, 1.165) is 0 Å². The Balaban J connectivity index is 2.07. The average Bonchev–Trinajstić information content (AvgIpc) is 2.62. The molecule has 1 heterocycles. The van der Waals surface area contributed by atoms with Gasteiger partial charge in [-0.3, -0.25) is 9.10 Å². The number of hydrogen-bond donors (Lipinski definition) is 0. The maximum atomic E-state index is 13.1. The lowest BCUT2D eigenvalue weighted by Crippen LogP contribution is -2.37. The Morgan fingerprint density at radius 2 is 1.84 bits per heavy atom. The Morgan fingerprint density at radius 1 is 1.12 bits per heavy atom. The molecule has 0 aromatic heterocycles. The van der Waals surface area contributed by atoms with Gasteiger partial charge in [-0.05, 0) is 43.3 Å². The minimum atomic E-state index is -3.82. The fourth-order valence-corrected chi connectivity index (χ4v) is 4.36. The third-order valence-corrected chi connectivity index (χ3v) is 5.85. The average molecular weight is 361 g/mol. The van der Waals surface area contributed by atoms with E-state index in [1.54, 1.807) is 30.3 Å². The SMILES string of the molecule is CCOc1ccc(S(=O)(=O)N2CCC(=O)c3cccc(OC)c32)cc1. The zero-order valence-corrected chi connectivity index (χ0v) is 14.9. The van der Waals surface area contributed by atoms with Gasteiger partial charge in [-0.25, -0.2) is 8.42 Å². The molecule has 0 amide bonds. The summed E-state index contributed by atoms with van der Waals surface area (Å²) in [6.45, 7) is 2.45. The lowest BCUT2D eigenvalue weighted by molar-refractivity contribution is 0.0981. The van der Waals surface area contributed by atoms with E-state index in [1.165, 1.54) is 23.5 Å². The molecule has 2 aromatic carbocycles. The molecule has 1 aliphatic rings. The van der Waals surface area contributed by atoms with Crippen LogP contribution < -0.4 is 13.8 Å². The molecule has 0 saturated heterocycles. The van der Waals surface area contributed by atoms with Gasteiger partial charge in [-0.2, -0.15) is 0 Å². The van der Waals surface area contributed by atoms with Gasteiger partial charge in [0.05, 0.1) is 18.6 Å². The second-order valence-electron chi connectivity index (χ2n) is 5.51. The summed E-state index contributed by atoms with van der Waals surface area (Å²) in [5.74, 6) is 0.875. The number of carbonyl (C=O) groups is 1. The van der Waals surface area contributed by atoms with E-state index < -0.39 is 10.0 Å². The van der Waals surface area contributed by atoms with Crippen LogP contribution in [0.15, 0.2) is 47.4 Å². The quantitative estimate of drug-likeness (QED) is 0.819. The highest BCUT2D eigenvalue weighted by atomic mass is 32.2. The molecule has 1 aliphatic heterocycles. The highest BCUT2D eigenvalue weighted by molar-refractivity contribution is 7.92. The van der Waals surface area contributed by atoms with Crippen molar-refractivity contribution in [2.24, 2.45) is 0 Å². The van der Waals surface area contributed by atoms with Gasteiger partial charge in [0.25, 0.3) is 10.0 Å². The van der Waals surface area contributed by atoms with Gasteiger partial charge in [0, 0.05) is 18.5 Å². The predicted octanol–water partition coefficient (Wildman–Crippen LogP) is 2.88. The van der Waals surface area contributed by atoms with E-state index in [1.807, 2.05) is 6.92 Å². The summed E-state index contributed by atoms with van der Waals surface area (Å²) in [7, 11) is -2.36. The second-order valence-corrected chi connectivity index (χ2v) is 7.37. The number of ether oxygens (including phenoxy) is 2. The number of para-hydroxylation sites is 1. The first-order chi connectivity index (χ1) is 12.0. The highest BCUT2D eigenvalue weighted by Crippen LogP contribution is 2.39. The molecule has 0 spiro atoms. The highest BCUT2D eigenvalue weighted by Gasteiger charge is 2.34. The number of sulfonamides is 1. The Kier molecular flexibility index (Phi) is 4.67. The number of anilines is 1. The van der Waals surface area contributed by atoms with Crippen LogP contribution in [0.25, 0.3) is 0 Å². The molecule has 7 heteroatoms. The van der Waals surface area contributed by atoms with Crippen molar-refractivity contribution in [1.29, 1.82) is 0 Å². The number of hydrogen-bond acceptors (Lipinski definition) is 5. The largest absolute Gasteiger partial charge is 0.495 e. The molecule has 6 nitrogen and oxygen atoms in total. The van der Waals surface area contributed by atoms with Crippen LogP contribution in [0.2, 0.25) is 0 Å². The maximum absolute atomic E-state index is 13.1. The number of rotatable bonds is 5. The molecular formula is C18H19NO5S. The van der Waals surface area contributed by atoms with Crippen molar-refractivity contribution in [2.75, 3.05) is 24.6 Å². The topological polar surface area (TPSA) is 72.9 Å². The standard InChI is InChI=1S/C18H19NO5S/c1-3-24-13-7-9-14(10-8-13)25(21,22)19-12-11-16(20)15-5-4-6-17(23-2)18(15)19/h4-10H,3,11-12H2,1-2H3. The molecule has 0 radical (unpaired) electrons. The van der Waals surface area contributed by atoms with Gasteiger partial charge in [0.2, 0.25) is 0 Å². The molecule has 0 bridgehead atoms. The lowest BCUT2D eigenvalue weighted by atomic mass is 10.0. The summed E-state index contributed by atoms with van der Waals surface area (Å²) < 4.78 is 38.1. The first-order valence-electron chi connectivity index (χ1n) is 7.95. The molecule has 25 heavy (non-hydrogen) atoms. The fourth-order valence-electron chi connectivity index (χ4n) is 2.86. The van der Waals surface area contributed by atoms with Gasteiger partial charge in [-0.15, -0.1) is 0 Å². The van der Waals surface area contributed by atoms with Crippen LogP contribution in [-0.4, -0.2) is 34.5 Å². The molecule has 3 rings (SSSR count). The summed E-state index contributed by atoms with van der Waals surface area (Å²) in [5.41, 5.74) is 0.662. The van der Waals surface area contributed by atoms with Gasteiger partial charge in [0.1, 0.15) is 17.2 Å². The first-order valence-corrected chi connectivity index (χ1v) is 9.39. The minimum Gasteiger partial charge on any atom is -0.495 e. The number of ketones is 1. The van der Waals surface area contributed by atoms with E-state index in [-0.39, 0.29) is 23.6 Å². The Bertz CT molecular complexity index is 890. The van der Waals surface area contributed by atoms with Crippen LogP contribution in [0.4, 0.5) is 5.69 Å². The Morgan fingerprint density at radius 3 is 2.48 bits per heavy atom. The van der Waals surface area contributed by atoms with Crippen LogP contribution in [0.1, 0.15) is 23.7 Å². The summed E-state index contributed by atoms with van der Waals surface area (Å²) in [6, 6.07) is 11.2. The Labute approximate surface area is 147 Å². The van der Waals surface area contributed by atoms with Crippen molar-refractivity contribution in [2.45, 2.75) is 18.2 Å². The normalized spacial score (nSPS) is 14.2. The van der Waals surface area contributed by atoms with Crippen molar-refractivity contribution in [1.82, 2.24) is 0 Å². The molecule has 132 valence electrons. The smallest absolute Gasteiger partial charge is 0.264 e. The third-order valence-electron chi connectivity index (χ3n) is 4.03. The van der Waals surface area contributed by atoms with E-state index in [4.69, 9.17) is 9.47 Å². The monoisotopic (exact) mass is 361 g/mol. The number of benzene rings is 2. The van der Waals surface area contributed by atoms with Gasteiger partial charge < -0.3 is 9.47 Å². The summed E-state index contributed by atoms with van der Waals surface area (Å²) >= 11 is 0. The van der Waals surface area contributed by atoms with Gasteiger partial charge in [0.15, 0.2) is 5.78 Å². The van der Waals surface area contributed by atoms with Gasteiger partial charge in [-0.1, -0.05) is 6.07 Å². The Hall–Kier alpha value is -2.54. The van der Waals surface area contributed by atoms with Gasteiger partial charge >= 0.3 is 0 Å². The van der Waals surface area contributed by atoms with E-state index in [0.29, 0.717) is 29.4 Å². The van der Waals surface area contributed by atoms with Crippen LogP contribution in [0, 0.1) is 0 Å². The van der Waals surface area contributed by atoms with Crippen molar-refractivity contribution < 1.29 is 22.7 Å². The summed E-state index contributed by atoms with van der Waals surface area (Å²) in [5, 5.41) is 0. The molecule has 2 aromatic rings. The predicted molar refractivity (Wildman–Crippen MR) is 94.1 cm³/mol. The zero-order chi connectivity index (χ0) is 18.0. The van der Waals surface area contributed by atoms with Crippen molar-refractivity contribution in [3.05, 3.63) is 48.0 Å². The van der Waals surface area contributed by atoms with E-state index in [9.17, 15) is 13.2 Å². The maximum Gasteiger partial charge on any atom is 0.264 e. The van der Waals surface area contributed by atoms with Crippen LogP contribution in [0.3, 0.4) is 0 Å².